The first kappa shape index (κ1) is 25.3. The van der Waals surface area contributed by atoms with E-state index in [-0.39, 0.29) is 11.8 Å². The van der Waals surface area contributed by atoms with E-state index in [2.05, 4.69) is 27.8 Å². The fraction of sp³-hybridized carbons (Fsp3) is 0.700. The second-order valence-electron chi connectivity index (χ2n) is 7.86. The van der Waals surface area contributed by atoms with Crippen LogP contribution in [0.25, 0.3) is 0 Å². The molecule has 0 saturated heterocycles. The number of hydrogen-bond acceptors (Lipinski definition) is 6. The quantitative estimate of drug-likeness (QED) is 0.227. The molecule has 0 aromatic carbocycles. The summed E-state index contributed by atoms with van der Waals surface area (Å²) in [6.45, 7) is 6.85. The number of carbonyl (C=O) groups is 4. The molecule has 0 heterocycles. The Morgan fingerprint density at radius 3 is 2.17 bits per heavy atom. The van der Waals surface area contributed by atoms with Gasteiger partial charge in [-0.05, 0) is 38.5 Å². The number of nitrogens with two attached hydrogens (primary N) is 2. The van der Waals surface area contributed by atoms with Crippen LogP contribution in [-0.4, -0.2) is 48.3 Å². The summed E-state index contributed by atoms with van der Waals surface area (Å²) in [7, 11) is 0. The van der Waals surface area contributed by atoms with Crippen molar-refractivity contribution < 1.29 is 19.2 Å². The summed E-state index contributed by atoms with van der Waals surface area (Å²) in [5, 5.41) is 10.7. The molecule has 1 rings (SSSR count). The van der Waals surface area contributed by atoms with Crippen LogP contribution in [0.4, 0.5) is 0 Å². The molecular formula is C20H36N6O4. The standard InChI is InChI=1S/C20H36N6O4/c1-12(24-14(3)27)19(29)25-16(10-7-11-23-13(2)21)20(30)26-17(18(22)28)15-8-5-4-6-9-15/h12,15-17,23H,2,4-11,21H2,1,3H3,(H2,22,28)(H,24,27)(H,25,29)(H,26,30)/t12-,16-,17-/m0/s1. The third-order valence-electron chi connectivity index (χ3n) is 5.19. The van der Waals surface area contributed by atoms with Gasteiger partial charge in [-0.2, -0.15) is 0 Å². The molecule has 3 atom stereocenters. The number of carbonyl (C=O) groups excluding carboxylic acids is 4. The van der Waals surface area contributed by atoms with E-state index in [1.165, 1.54) is 13.8 Å². The molecule has 0 aromatic heterocycles. The number of amides is 4. The molecule has 170 valence electrons. The Morgan fingerprint density at radius 2 is 1.63 bits per heavy atom. The van der Waals surface area contributed by atoms with E-state index in [9.17, 15) is 19.2 Å². The van der Waals surface area contributed by atoms with Crippen molar-refractivity contribution in [1.29, 1.82) is 0 Å². The Bertz CT molecular complexity index is 633. The third-order valence-corrected chi connectivity index (χ3v) is 5.19. The Hall–Kier alpha value is -2.78. The average Bonchev–Trinajstić information content (AvgIpc) is 2.67. The van der Waals surface area contributed by atoms with Gasteiger partial charge in [0.15, 0.2) is 0 Å². The summed E-state index contributed by atoms with van der Waals surface area (Å²) < 4.78 is 0. The molecule has 10 heteroatoms. The number of nitrogens with one attached hydrogen (secondary N) is 4. The van der Waals surface area contributed by atoms with Crippen LogP contribution in [0.1, 0.15) is 58.8 Å². The monoisotopic (exact) mass is 424 g/mol. The van der Waals surface area contributed by atoms with E-state index < -0.39 is 35.8 Å². The molecule has 0 unspecified atom stereocenters. The van der Waals surface area contributed by atoms with Crippen LogP contribution in [0.3, 0.4) is 0 Å². The van der Waals surface area contributed by atoms with Crippen LogP contribution >= 0.6 is 0 Å². The van der Waals surface area contributed by atoms with Crippen molar-refractivity contribution in [3.63, 3.8) is 0 Å². The third kappa shape index (κ3) is 9.15. The zero-order valence-electron chi connectivity index (χ0n) is 18.0. The molecule has 10 nitrogen and oxygen atoms in total. The summed E-state index contributed by atoms with van der Waals surface area (Å²) in [4.78, 5) is 48.5. The van der Waals surface area contributed by atoms with Crippen molar-refractivity contribution in [2.75, 3.05) is 6.54 Å². The summed E-state index contributed by atoms with van der Waals surface area (Å²) >= 11 is 0. The molecule has 0 spiro atoms. The summed E-state index contributed by atoms with van der Waals surface area (Å²) in [6.07, 6.45) is 5.57. The van der Waals surface area contributed by atoms with Gasteiger partial charge in [-0.3, -0.25) is 19.2 Å². The van der Waals surface area contributed by atoms with Crippen LogP contribution in [0, 0.1) is 5.92 Å². The normalized spacial score (nSPS) is 17.1. The Labute approximate surface area is 178 Å². The van der Waals surface area contributed by atoms with Gasteiger partial charge in [-0.1, -0.05) is 25.8 Å². The van der Waals surface area contributed by atoms with Crippen LogP contribution in [0.15, 0.2) is 12.4 Å². The Morgan fingerprint density at radius 1 is 1.00 bits per heavy atom. The lowest BCUT2D eigenvalue weighted by Gasteiger charge is -2.30. The molecule has 0 radical (unpaired) electrons. The van der Waals surface area contributed by atoms with E-state index in [0.29, 0.717) is 25.2 Å². The molecule has 4 amide bonds. The number of hydrogen-bond donors (Lipinski definition) is 6. The zero-order chi connectivity index (χ0) is 22.7. The maximum Gasteiger partial charge on any atom is 0.243 e. The van der Waals surface area contributed by atoms with Crippen LogP contribution < -0.4 is 32.7 Å². The van der Waals surface area contributed by atoms with Gasteiger partial charge in [0.1, 0.15) is 18.1 Å². The largest absolute Gasteiger partial charge is 0.386 e. The van der Waals surface area contributed by atoms with Crippen molar-refractivity contribution in [1.82, 2.24) is 21.3 Å². The lowest BCUT2D eigenvalue weighted by molar-refractivity contribution is -0.133. The minimum Gasteiger partial charge on any atom is -0.386 e. The van der Waals surface area contributed by atoms with Gasteiger partial charge in [0, 0.05) is 13.5 Å². The van der Waals surface area contributed by atoms with Gasteiger partial charge in [-0.25, -0.2) is 0 Å². The Kier molecular flexibility index (Phi) is 10.7. The highest BCUT2D eigenvalue weighted by Gasteiger charge is 2.32. The minimum absolute atomic E-state index is 0.00270. The summed E-state index contributed by atoms with van der Waals surface area (Å²) in [5.74, 6) is -1.58. The van der Waals surface area contributed by atoms with Crippen LogP contribution in [0.5, 0.6) is 0 Å². The number of rotatable bonds is 12. The van der Waals surface area contributed by atoms with Crippen molar-refractivity contribution >= 4 is 23.6 Å². The molecule has 0 bridgehead atoms. The highest BCUT2D eigenvalue weighted by molar-refractivity contribution is 5.93. The maximum absolute atomic E-state index is 12.9. The van der Waals surface area contributed by atoms with E-state index in [4.69, 9.17) is 11.5 Å². The fourth-order valence-electron chi connectivity index (χ4n) is 3.63. The van der Waals surface area contributed by atoms with Crippen molar-refractivity contribution in [3.05, 3.63) is 12.4 Å². The van der Waals surface area contributed by atoms with Crippen molar-refractivity contribution in [2.24, 2.45) is 17.4 Å². The number of primary amides is 1. The van der Waals surface area contributed by atoms with Crippen molar-refractivity contribution in [2.45, 2.75) is 76.9 Å². The summed E-state index contributed by atoms with van der Waals surface area (Å²) in [5.41, 5.74) is 11.0. The average molecular weight is 425 g/mol. The fourth-order valence-corrected chi connectivity index (χ4v) is 3.63. The first-order chi connectivity index (χ1) is 14.1. The predicted molar refractivity (Wildman–Crippen MR) is 113 cm³/mol. The first-order valence-corrected chi connectivity index (χ1v) is 10.5. The van der Waals surface area contributed by atoms with Gasteiger partial charge in [0.05, 0.1) is 5.82 Å². The van der Waals surface area contributed by atoms with E-state index >= 15 is 0 Å². The van der Waals surface area contributed by atoms with Gasteiger partial charge >= 0.3 is 0 Å². The van der Waals surface area contributed by atoms with E-state index in [0.717, 1.165) is 32.1 Å². The van der Waals surface area contributed by atoms with Crippen LogP contribution in [-0.2, 0) is 19.2 Å². The van der Waals surface area contributed by atoms with E-state index in [1.807, 2.05) is 0 Å². The molecular weight excluding hydrogens is 388 g/mol. The second-order valence-corrected chi connectivity index (χ2v) is 7.86. The maximum atomic E-state index is 12.9. The summed E-state index contributed by atoms with van der Waals surface area (Å²) in [6, 6.07) is -2.45. The predicted octanol–water partition coefficient (Wildman–Crippen LogP) is -0.654. The molecule has 1 aliphatic rings. The van der Waals surface area contributed by atoms with Gasteiger partial charge < -0.3 is 32.7 Å². The van der Waals surface area contributed by atoms with Gasteiger partial charge in [0.25, 0.3) is 0 Å². The molecule has 0 aliphatic heterocycles. The lowest BCUT2D eigenvalue weighted by atomic mass is 9.83. The molecule has 1 fully saturated rings. The second kappa shape index (κ2) is 12.7. The highest BCUT2D eigenvalue weighted by atomic mass is 16.2. The van der Waals surface area contributed by atoms with Crippen LogP contribution in [0.2, 0.25) is 0 Å². The topological polar surface area (TPSA) is 168 Å². The molecule has 8 N–H and O–H groups in total. The van der Waals surface area contributed by atoms with Gasteiger partial charge in [0.2, 0.25) is 23.6 Å². The Balaban J connectivity index is 2.81. The molecule has 1 saturated carbocycles. The lowest BCUT2D eigenvalue weighted by Crippen LogP contribution is -2.57. The van der Waals surface area contributed by atoms with Crippen molar-refractivity contribution in [3.8, 4) is 0 Å². The molecule has 1 aliphatic carbocycles. The van der Waals surface area contributed by atoms with E-state index in [1.54, 1.807) is 0 Å². The SMILES string of the molecule is C=C(N)NCCC[C@H](NC(=O)[C@H](C)NC(C)=O)C(=O)N[C@H](C(N)=O)C1CCCCC1. The molecule has 0 aromatic rings. The smallest absolute Gasteiger partial charge is 0.243 e. The van der Waals surface area contributed by atoms with Gasteiger partial charge in [-0.15, -0.1) is 0 Å². The molecule has 30 heavy (non-hydrogen) atoms. The first-order valence-electron chi connectivity index (χ1n) is 10.5. The zero-order valence-corrected chi connectivity index (χ0v) is 18.0. The highest BCUT2D eigenvalue weighted by Crippen LogP contribution is 2.26. The minimum atomic E-state index is -0.882.